The van der Waals surface area contributed by atoms with Crippen molar-refractivity contribution in [2.24, 2.45) is 0 Å². The molecule has 7 nitrogen and oxygen atoms in total. The van der Waals surface area contributed by atoms with Crippen LogP contribution in [-0.4, -0.2) is 51.0 Å². The summed E-state index contributed by atoms with van der Waals surface area (Å²) in [5, 5.41) is 3.00. The molecular formula is C21H25Cl2N3O4S. The van der Waals surface area contributed by atoms with Crippen LogP contribution in [0.1, 0.15) is 18.1 Å². The maximum absolute atomic E-state index is 13.3. The van der Waals surface area contributed by atoms with Gasteiger partial charge in [0.2, 0.25) is 21.8 Å². The minimum atomic E-state index is -3.84. The summed E-state index contributed by atoms with van der Waals surface area (Å²) < 4.78 is 25.9. The first-order valence-electron chi connectivity index (χ1n) is 9.42. The molecule has 2 amide bonds. The third-order valence-electron chi connectivity index (χ3n) is 4.66. The van der Waals surface area contributed by atoms with Crippen molar-refractivity contribution in [2.75, 3.05) is 24.2 Å². The zero-order chi connectivity index (χ0) is 23.3. The molecule has 2 aromatic rings. The molecule has 0 aliphatic heterocycles. The first-order chi connectivity index (χ1) is 14.4. The molecule has 1 unspecified atom stereocenters. The van der Waals surface area contributed by atoms with E-state index in [0.29, 0.717) is 0 Å². The molecule has 0 radical (unpaired) electrons. The second-order valence-electron chi connectivity index (χ2n) is 7.20. The predicted octanol–water partition coefficient (Wildman–Crippen LogP) is 3.23. The number of benzene rings is 2. The van der Waals surface area contributed by atoms with Crippen LogP contribution in [0.5, 0.6) is 0 Å². The van der Waals surface area contributed by atoms with Crippen LogP contribution >= 0.6 is 23.2 Å². The fourth-order valence-electron chi connectivity index (χ4n) is 3.10. The second kappa shape index (κ2) is 10.3. The van der Waals surface area contributed by atoms with E-state index in [1.54, 1.807) is 6.92 Å². The molecule has 0 aliphatic rings. The Morgan fingerprint density at radius 1 is 1.10 bits per heavy atom. The normalized spacial score (nSPS) is 12.2. The van der Waals surface area contributed by atoms with E-state index in [9.17, 15) is 18.0 Å². The van der Waals surface area contributed by atoms with Crippen LogP contribution in [0.3, 0.4) is 0 Å². The van der Waals surface area contributed by atoms with Gasteiger partial charge in [-0.1, -0.05) is 53.0 Å². The second-order valence-corrected chi connectivity index (χ2v) is 9.98. The largest absolute Gasteiger partial charge is 0.357 e. The Balaban J connectivity index is 2.42. The molecule has 0 saturated carbocycles. The monoisotopic (exact) mass is 485 g/mol. The number of sulfonamides is 1. The molecule has 0 aromatic heterocycles. The molecule has 0 bridgehead atoms. The summed E-state index contributed by atoms with van der Waals surface area (Å²) in [7, 11) is -2.37. The van der Waals surface area contributed by atoms with Gasteiger partial charge in [-0.2, -0.15) is 0 Å². The summed E-state index contributed by atoms with van der Waals surface area (Å²) in [4.78, 5) is 26.9. The number of carbonyl (C=O) groups is 2. The molecule has 0 saturated heterocycles. The van der Waals surface area contributed by atoms with Crippen LogP contribution in [-0.2, 0) is 26.2 Å². The van der Waals surface area contributed by atoms with Crippen molar-refractivity contribution in [3.63, 3.8) is 0 Å². The molecule has 2 rings (SSSR count). The Bertz CT molecular complexity index is 1060. The quantitative estimate of drug-likeness (QED) is 0.621. The van der Waals surface area contributed by atoms with Crippen molar-refractivity contribution in [2.45, 2.75) is 26.4 Å². The molecular weight excluding hydrogens is 461 g/mol. The topological polar surface area (TPSA) is 86.8 Å². The number of nitrogens with one attached hydrogen (secondary N) is 1. The van der Waals surface area contributed by atoms with Crippen LogP contribution in [0.15, 0.2) is 42.5 Å². The van der Waals surface area contributed by atoms with Crippen molar-refractivity contribution >= 4 is 50.7 Å². The van der Waals surface area contributed by atoms with Gasteiger partial charge in [0.15, 0.2) is 0 Å². The fraction of sp³-hybridized carbons (Fsp3) is 0.333. The number of aryl methyl sites for hydroxylation is 1. The van der Waals surface area contributed by atoms with E-state index >= 15 is 0 Å². The molecule has 2 aromatic carbocycles. The van der Waals surface area contributed by atoms with Gasteiger partial charge in [0, 0.05) is 23.6 Å². The first-order valence-corrected chi connectivity index (χ1v) is 12.0. The number of rotatable bonds is 8. The lowest BCUT2D eigenvalue weighted by Crippen LogP contribution is -2.50. The number of anilines is 1. The van der Waals surface area contributed by atoms with Crippen molar-refractivity contribution < 1.29 is 18.0 Å². The Kier molecular flexibility index (Phi) is 8.34. The summed E-state index contributed by atoms with van der Waals surface area (Å²) in [5.74, 6) is -0.906. The van der Waals surface area contributed by atoms with Crippen LogP contribution in [0, 0.1) is 6.92 Å². The van der Waals surface area contributed by atoms with E-state index in [1.807, 2.05) is 31.2 Å². The molecule has 1 N–H and O–H groups in total. The third kappa shape index (κ3) is 6.85. The van der Waals surface area contributed by atoms with Crippen LogP contribution in [0.4, 0.5) is 5.69 Å². The number of halogens is 2. The summed E-state index contributed by atoms with van der Waals surface area (Å²) in [6.07, 6.45) is 0.988. The molecule has 0 aliphatic carbocycles. The average molecular weight is 486 g/mol. The number of hydrogen-bond acceptors (Lipinski definition) is 4. The zero-order valence-electron chi connectivity index (χ0n) is 17.7. The molecule has 0 fully saturated rings. The van der Waals surface area contributed by atoms with Crippen molar-refractivity contribution in [1.82, 2.24) is 10.2 Å². The van der Waals surface area contributed by atoms with Gasteiger partial charge in [0.25, 0.3) is 0 Å². The summed E-state index contributed by atoms with van der Waals surface area (Å²) in [6, 6.07) is 11.0. The van der Waals surface area contributed by atoms with E-state index in [2.05, 4.69) is 5.32 Å². The number of carbonyl (C=O) groups excluding carboxylic acids is 2. The SMILES string of the molecule is CNC(=O)C(C)N(Cc1cccc(C)c1)C(=O)CN(c1cc(Cl)cc(Cl)c1)S(C)(=O)=O. The minimum Gasteiger partial charge on any atom is -0.357 e. The first kappa shape index (κ1) is 25.0. The maximum Gasteiger partial charge on any atom is 0.244 e. The lowest BCUT2D eigenvalue weighted by Gasteiger charge is -2.31. The predicted molar refractivity (Wildman–Crippen MR) is 124 cm³/mol. The minimum absolute atomic E-state index is 0.142. The lowest BCUT2D eigenvalue weighted by molar-refractivity contribution is -0.139. The van der Waals surface area contributed by atoms with Crippen molar-refractivity contribution in [1.29, 1.82) is 0 Å². The lowest BCUT2D eigenvalue weighted by atomic mass is 10.1. The van der Waals surface area contributed by atoms with Crippen molar-refractivity contribution in [3.05, 3.63) is 63.6 Å². The number of amides is 2. The fourth-order valence-corrected chi connectivity index (χ4v) is 4.44. The molecule has 0 spiro atoms. The van der Waals surface area contributed by atoms with Crippen LogP contribution in [0.2, 0.25) is 10.0 Å². The van der Waals surface area contributed by atoms with Crippen molar-refractivity contribution in [3.8, 4) is 0 Å². The van der Waals surface area contributed by atoms with Gasteiger partial charge in [-0.3, -0.25) is 13.9 Å². The Hall–Kier alpha value is -2.29. The maximum atomic E-state index is 13.3. The highest BCUT2D eigenvalue weighted by atomic mass is 35.5. The standard InChI is InChI=1S/C21H25Cl2N3O4S/c1-14-6-5-7-16(8-14)12-25(15(2)21(28)24-3)20(27)13-26(31(4,29)30)19-10-17(22)9-18(23)11-19/h5-11,15H,12-13H2,1-4H3,(H,24,28). The number of hydrogen-bond donors (Lipinski definition) is 1. The summed E-state index contributed by atoms with van der Waals surface area (Å²) in [5.41, 5.74) is 1.99. The van der Waals surface area contributed by atoms with Gasteiger partial charge in [-0.15, -0.1) is 0 Å². The Morgan fingerprint density at radius 3 is 2.23 bits per heavy atom. The van der Waals surface area contributed by atoms with Gasteiger partial charge in [0.1, 0.15) is 12.6 Å². The van der Waals surface area contributed by atoms with Crippen LogP contribution < -0.4 is 9.62 Å². The van der Waals surface area contributed by atoms with Gasteiger partial charge < -0.3 is 10.2 Å². The molecule has 0 heterocycles. The molecule has 10 heteroatoms. The zero-order valence-corrected chi connectivity index (χ0v) is 20.1. The summed E-state index contributed by atoms with van der Waals surface area (Å²) >= 11 is 12.0. The Morgan fingerprint density at radius 2 is 1.71 bits per heavy atom. The van der Waals surface area contributed by atoms with Gasteiger partial charge >= 0.3 is 0 Å². The van der Waals surface area contributed by atoms with E-state index in [4.69, 9.17) is 23.2 Å². The average Bonchev–Trinajstić information content (AvgIpc) is 2.67. The van der Waals surface area contributed by atoms with Gasteiger partial charge in [-0.05, 0) is 37.6 Å². The highest BCUT2D eigenvalue weighted by Crippen LogP contribution is 2.27. The Labute approximate surface area is 193 Å². The highest BCUT2D eigenvalue weighted by molar-refractivity contribution is 7.92. The number of nitrogens with zero attached hydrogens (tertiary/aromatic N) is 2. The van der Waals surface area contributed by atoms with E-state index < -0.39 is 28.5 Å². The molecule has 31 heavy (non-hydrogen) atoms. The van der Waals surface area contributed by atoms with E-state index in [0.717, 1.165) is 21.7 Å². The van der Waals surface area contributed by atoms with E-state index in [-0.39, 0.29) is 28.2 Å². The van der Waals surface area contributed by atoms with E-state index in [1.165, 1.54) is 30.1 Å². The number of likely N-dealkylation sites (N-methyl/N-ethyl adjacent to an activating group) is 1. The third-order valence-corrected chi connectivity index (χ3v) is 6.24. The highest BCUT2D eigenvalue weighted by Gasteiger charge is 2.30. The van der Waals surface area contributed by atoms with Gasteiger partial charge in [0.05, 0.1) is 11.9 Å². The van der Waals surface area contributed by atoms with Gasteiger partial charge in [-0.25, -0.2) is 8.42 Å². The smallest absolute Gasteiger partial charge is 0.244 e. The molecule has 168 valence electrons. The molecule has 1 atom stereocenters. The summed E-state index contributed by atoms with van der Waals surface area (Å²) in [6.45, 7) is 3.14. The van der Waals surface area contributed by atoms with Crippen LogP contribution in [0.25, 0.3) is 0 Å².